The molecule has 0 saturated carbocycles. The van der Waals surface area contributed by atoms with Crippen LogP contribution in [0.25, 0.3) is 0 Å². The second kappa shape index (κ2) is 2.81. The Morgan fingerprint density at radius 1 is 1.58 bits per heavy atom. The molecule has 0 aromatic carbocycles. The summed E-state index contributed by atoms with van der Waals surface area (Å²) in [6, 6.07) is 0. The quantitative estimate of drug-likeness (QED) is 0.632. The third kappa shape index (κ3) is 1.67. The zero-order chi connectivity index (χ0) is 9.41. The van der Waals surface area contributed by atoms with E-state index in [0.29, 0.717) is 6.42 Å². The van der Waals surface area contributed by atoms with Crippen molar-refractivity contribution in [3.8, 4) is 0 Å². The van der Waals surface area contributed by atoms with Crippen LogP contribution >= 0.6 is 0 Å². The lowest BCUT2D eigenvalue weighted by molar-refractivity contribution is -0.129. The number of hydrogen-bond acceptors (Lipinski definition) is 4. The highest BCUT2D eigenvalue weighted by Gasteiger charge is 2.43. The molecular formula is C7H12O4S. The van der Waals surface area contributed by atoms with Crippen LogP contribution in [0.1, 0.15) is 13.3 Å². The molecular weight excluding hydrogens is 180 g/mol. The summed E-state index contributed by atoms with van der Waals surface area (Å²) in [7, 11) is -3.04. The molecule has 1 fully saturated rings. The average Bonchev–Trinajstić information content (AvgIpc) is 2.25. The van der Waals surface area contributed by atoms with Gasteiger partial charge in [0.15, 0.2) is 15.6 Å². The summed E-state index contributed by atoms with van der Waals surface area (Å²) >= 11 is 0. The fourth-order valence-corrected chi connectivity index (χ4v) is 3.60. The highest BCUT2D eigenvalue weighted by atomic mass is 32.2. The molecule has 0 aliphatic carbocycles. The molecule has 4 nitrogen and oxygen atoms in total. The van der Waals surface area contributed by atoms with Crippen molar-refractivity contribution < 1.29 is 18.3 Å². The van der Waals surface area contributed by atoms with Gasteiger partial charge in [-0.1, -0.05) is 6.92 Å². The van der Waals surface area contributed by atoms with E-state index in [2.05, 4.69) is 0 Å². The van der Waals surface area contributed by atoms with Crippen molar-refractivity contribution in [1.29, 1.82) is 0 Å². The lowest BCUT2D eigenvalue weighted by atomic mass is 9.86. The number of carbonyl (C=O) groups is 1. The van der Waals surface area contributed by atoms with Gasteiger partial charge >= 0.3 is 0 Å². The van der Waals surface area contributed by atoms with E-state index >= 15 is 0 Å². The molecule has 0 amide bonds. The van der Waals surface area contributed by atoms with E-state index in [9.17, 15) is 13.2 Å². The monoisotopic (exact) mass is 192 g/mol. The Labute approximate surface area is 71.5 Å². The van der Waals surface area contributed by atoms with Gasteiger partial charge in [0, 0.05) is 5.41 Å². The highest BCUT2D eigenvalue weighted by molar-refractivity contribution is 7.91. The first-order valence-corrected chi connectivity index (χ1v) is 5.56. The van der Waals surface area contributed by atoms with Crippen LogP contribution in [0.3, 0.4) is 0 Å². The molecule has 0 spiro atoms. The van der Waals surface area contributed by atoms with Crippen molar-refractivity contribution in [1.82, 2.24) is 0 Å². The van der Waals surface area contributed by atoms with Crippen molar-refractivity contribution >= 4 is 15.6 Å². The van der Waals surface area contributed by atoms with E-state index in [1.165, 1.54) is 0 Å². The number of aliphatic hydroxyl groups is 1. The second-order valence-electron chi connectivity index (χ2n) is 3.48. The Kier molecular flexibility index (Phi) is 2.27. The molecule has 1 aliphatic rings. The Morgan fingerprint density at radius 2 is 2.17 bits per heavy atom. The molecule has 1 N–H and O–H groups in total. The Morgan fingerprint density at radius 3 is 2.50 bits per heavy atom. The molecule has 1 atom stereocenters. The smallest absolute Gasteiger partial charge is 0.165 e. The lowest BCUT2D eigenvalue weighted by Crippen LogP contribution is -2.31. The molecule has 12 heavy (non-hydrogen) atoms. The summed E-state index contributed by atoms with van der Waals surface area (Å²) in [4.78, 5) is 11.1. The molecule has 1 heterocycles. The van der Waals surface area contributed by atoms with Crippen molar-refractivity contribution in [2.24, 2.45) is 5.41 Å². The number of rotatable bonds is 2. The van der Waals surface area contributed by atoms with Crippen molar-refractivity contribution in [3.05, 3.63) is 0 Å². The zero-order valence-electron chi connectivity index (χ0n) is 6.91. The number of ketones is 1. The van der Waals surface area contributed by atoms with E-state index < -0.39 is 21.9 Å². The van der Waals surface area contributed by atoms with Crippen molar-refractivity contribution in [2.45, 2.75) is 13.3 Å². The lowest BCUT2D eigenvalue weighted by Gasteiger charge is -2.17. The van der Waals surface area contributed by atoms with Crippen molar-refractivity contribution in [3.63, 3.8) is 0 Å². The first-order valence-electron chi connectivity index (χ1n) is 3.74. The second-order valence-corrected chi connectivity index (χ2v) is 5.67. The summed E-state index contributed by atoms with van der Waals surface area (Å²) in [5, 5.41) is 8.59. The fraction of sp³-hybridized carbons (Fsp3) is 0.857. The Balaban J connectivity index is 2.85. The van der Waals surface area contributed by atoms with Crippen LogP contribution in [0.5, 0.6) is 0 Å². The van der Waals surface area contributed by atoms with Gasteiger partial charge in [-0.25, -0.2) is 8.42 Å². The normalized spacial score (nSPS) is 33.5. The number of Topliss-reactive ketones (excluding diaryl/α,β-unsaturated/α-hetero) is 1. The van der Waals surface area contributed by atoms with Gasteiger partial charge < -0.3 is 5.11 Å². The maximum absolute atomic E-state index is 11.1. The van der Waals surface area contributed by atoms with Gasteiger partial charge in [-0.05, 0) is 6.42 Å². The van der Waals surface area contributed by atoms with Gasteiger partial charge in [-0.3, -0.25) is 4.79 Å². The standard InChI is InChI=1S/C7H12O4S/c1-7(6(9)4-8)2-3-12(10,11)5-7/h8H,2-5H2,1H3. The summed E-state index contributed by atoms with van der Waals surface area (Å²) < 4.78 is 22.1. The first kappa shape index (κ1) is 9.67. The van der Waals surface area contributed by atoms with E-state index in [1.54, 1.807) is 6.92 Å². The molecule has 0 aromatic heterocycles. The van der Waals surface area contributed by atoms with E-state index in [1.807, 2.05) is 0 Å². The van der Waals surface area contributed by atoms with Gasteiger partial charge in [-0.15, -0.1) is 0 Å². The fourth-order valence-electron chi connectivity index (χ4n) is 1.42. The van der Waals surface area contributed by atoms with Gasteiger partial charge in [0.05, 0.1) is 11.5 Å². The predicted octanol–water partition coefficient (Wildman–Crippen LogP) is -0.627. The third-order valence-corrected chi connectivity index (χ3v) is 4.22. The minimum atomic E-state index is -3.04. The molecule has 1 aliphatic heterocycles. The SMILES string of the molecule is CC1(C(=O)CO)CCS(=O)(=O)C1. The minimum absolute atomic E-state index is 0.0647. The van der Waals surface area contributed by atoms with Gasteiger partial charge in [0.2, 0.25) is 0 Å². The van der Waals surface area contributed by atoms with Gasteiger partial charge in [0.25, 0.3) is 0 Å². The number of aliphatic hydroxyl groups excluding tert-OH is 1. The number of carbonyl (C=O) groups excluding carboxylic acids is 1. The van der Waals surface area contributed by atoms with Gasteiger partial charge in [0.1, 0.15) is 6.61 Å². The van der Waals surface area contributed by atoms with Crippen LogP contribution in [-0.2, 0) is 14.6 Å². The van der Waals surface area contributed by atoms with Crippen LogP contribution in [-0.4, -0.2) is 37.4 Å². The van der Waals surface area contributed by atoms with Crippen LogP contribution in [0, 0.1) is 5.41 Å². The molecule has 1 rings (SSSR count). The van der Waals surface area contributed by atoms with E-state index in [4.69, 9.17) is 5.11 Å². The average molecular weight is 192 g/mol. The molecule has 0 bridgehead atoms. The molecule has 5 heteroatoms. The Bertz CT molecular complexity index is 293. The van der Waals surface area contributed by atoms with Gasteiger partial charge in [-0.2, -0.15) is 0 Å². The molecule has 0 aromatic rings. The highest BCUT2D eigenvalue weighted by Crippen LogP contribution is 2.32. The van der Waals surface area contributed by atoms with Crippen molar-refractivity contribution in [2.75, 3.05) is 18.1 Å². The summed E-state index contributed by atoms with van der Waals surface area (Å²) in [6.07, 6.45) is 0.342. The number of sulfone groups is 1. The maximum Gasteiger partial charge on any atom is 0.165 e. The maximum atomic E-state index is 11.1. The van der Waals surface area contributed by atoms with E-state index in [0.717, 1.165) is 0 Å². The summed E-state index contributed by atoms with van der Waals surface area (Å²) in [5.41, 5.74) is -0.840. The zero-order valence-corrected chi connectivity index (χ0v) is 7.73. The molecule has 1 unspecified atom stereocenters. The predicted molar refractivity (Wildman–Crippen MR) is 43.5 cm³/mol. The largest absolute Gasteiger partial charge is 0.389 e. The molecule has 70 valence electrons. The molecule has 1 saturated heterocycles. The third-order valence-electron chi connectivity index (χ3n) is 2.32. The van der Waals surface area contributed by atoms with Crippen LogP contribution < -0.4 is 0 Å². The number of hydrogen-bond donors (Lipinski definition) is 1. The topological polar surface area (TPSA) is 71.4 Å². The van der Waals surface area contributed by atoms with Crippen LogP contribution in [0.2, 0.25) is 0 Å². The summed E-state index contributed by atoms with van der Waals surface area (Å²) in [5.74, 6) is -0.419. The van der Waals surface area contributed by atoms with Crippen LogP contribution in [0.4, 0.5) is 0 Å². The van der Waals surface area contributed by atoms with Crippen LogP contribution in [0.15, 0.2) is 0 Å². The minimum Gasteiger partial charge on any atom is -0.389 e. The Hall–Kier alpha value is -0.420. The summed E-state index contributed by atoms with van der Waals surface area (Å²) in [6.45, 7) is 1.03. The van der Waals surface area contributed by atoms with E-state index in [-0.39, 0.29) is 17.3 Å². The molecule has 0 radical (unpaired) electrons. The first-order chi connectivity index (χ1) is 5.40.